The summed E-state index contributed by atoms with van der Waals surface area (Å²) in [6.07, 6.45) is 4.57. The minimum atomic E-state index is 0. The molecule has 5 nitrogen and oxygen atoms in total. The Morgan fingerprint density at radius 1 is 1.14 bits per heavy atom. The summed E-state index contributed by atoms with van der Waals surface area (Å²) >= 11 is 0. The fourth-order valence-electron chi connectivity index (χ4n) is 3.71. The quantitative estimate of drug-likeness (QED) is 0.384. The van der Waals surface area contributed by atoms with E-state index in [-0.39, 0.29) is 24.0 Å². The maximum atomic E-state index is 5.46. The Morgan fingerprint density at radius 3 is 2.46 bits per heavy atom. The van der Waals surface area contributed by atoms with Crippen molar-refractivity contribution in [3.63, 3.8) is 0 Å². The number of morpholine rings is 1. The van der Waals surface area contributed by atoms with E-state index in [0.717, 1.165) is 71.3 Å². The van der Waals surface area contributed by atoms with Crippen molar-refractivity contribution in [2.24, 2.45) is 4.99 Å². The number of guanidine groups is 1. The van der Waals surface area contributed by atoms with Crippen molar-refractivity contribution in [3.05, 3.63) is 41.5 Å². The molecule has 1 aromatic rings. The Balaban J connectivity index is 0.00000280. The molecule has 0 aromatic heterocycles. The first-order valence-corrected chi connectivity index (χ1v) is 10.4. The van der Waals surface area contributed by atoms with E-state index < -0.39 is 0 Å². The molecule has 0 spiro atoms. The topological polar surface area (TPSA) is 40.1 Å². The van der Waals surface area contributed by atoms with E-state index in [4.69, 9.17) is 9.73 Å². The van der Waals surface area contributed by atoms with Gasteiger partial charge in [0, 0.05) is 38.8 Å². The number of rotatable bonds is 5. The molecular formula is C22H35IN4O. The third-order valence-corrected chi connectivity index (χ3v) is 5.38. The fourth-order valence-corrected chi connectivity index (χ4v) is 3.71. The Labute approximate surface area is 187 Å². The van der Waals surface area contributed by atoms with Crippen LogP contribution in [-0.4, -0.2) is 74.3 Å². The molecule has 0 aliphatic carbocycles. The van der Waals surface area contributed by atoms with Gasteiger partial charge in [0.05, 0.1) is 19.8 Å². The maximum Gasteiger partial charge on any atom is 0.193 e. The largest absolute Gasteiger partial charge is 0.379 e. The monoisotopic (exact) mass is 498 g/mol. The van der Waals surface area contributed by atoms with Crippen LogP contribution in [0.4, 0.5) is 0 Å². The Kier molecular flexibility index (Phi) is 10.3. The summed E-state index contributed by atoms with van der Waals surface area (Å²) in [4.78, 5) is 9.84. The molecule has 1 N–H and O–H groups in total. The standard InChI is InChI=1S/C22H34N4O.HI/c1-3-23-22(24-18-19(2)25-13-15-27-16-14-25)26-11-9-21(10-12-26)17-20-7-5-4-6-8-20;/h4-8,17,19H,3,9-16,18H2,1-2H3,(H,23,24);1H. The Morgan fingerprint density at radius 2 is 1.82 bits per heavy atom. The lowest BCUT2D eigenvalue weighted by atomic mass is 10.0. The van der Waals surface area contributed by atoms with Crippen LogP contribution in [0.1, 0.15) is 32.3 Å². The van der Waals surface area contributed by atoms with Gasteiger partial charge in [-0.25, -0.2) is 0 Å². The first-order chi connectivity index (χ1) is 13.3. The number of halogens is 1. The van der Waals surface area contributed by atoms with Crippen LogP contribution >= 0.6 is 24.0 Å². The average Bonchev–Trinajstić information content (AvgIpc) is 2.73. The molecule has 2 aliphatic rings. The number of hydrogen-bond acceptors (Lipinski definition) is 3. The number of aliphatic imine (C=N–C) groups is 1. The highest BCUT2D eigenvalue weighted by Gasteiger charge is 2.19. The van der Waals surface area contributed by atoms with E-state index in [0.29, 0.717) is 6.04 Å². The number of ether oxygens (including phenoxy) is 1. The van der Waals surface area contributed by atoms with Crippen LogP contribution in [0.15, 0.2) is 40.9 Å². The summed E-state index contributed by atoms with van der Waals surface area (Å²) in [6, 6.07) is 11.1. The normalized spacial score (nSPS) is 19.7. The Bertz CT molecular complexity index is 619. The highest BCUT2D eigenvalue weighted by Crippen LogP contribution is 2.19. The highest BCUT2D eigenvalue weighted by atomic mass is 127. The van der Waals surface area contributed by atoms with Crippen LogP contribution < -0.4 is 5.32 Å². The summed E-state index contributed by atoms with van der Waals surface area (Å²) in [5.74, 6) is 1.07. The molecule has 0 saturated carbocycles. The zero-order chi connectivity index (χ0) is 18.9. The van der Waals surface area contributed by atoms with Gasteiger partial charge in [0.15, 0.2) is 5.96 Å². The smallest absolute Gasteiger partial charge is 0.193 e. The molecule has 2 heterocycles. The predicted octanol–water partition coefficient (Wildman–Crippen LogP) is 3.47. The van der Waals surface area contributed by atoms with Gasteiger partial charge in [-0.3, -0.25) is 9.89 Å². The lowest BCUT2D eigenvalue weighted by molar-refractivity contribution is 0.0220. The molecule has 0 radical (unpaired) electrons. The van der Waals surface area contributed by atoms with Gasteiger partial charge >= 0.3 is 0 Å². The zero-order valence-electron chi connectivity index (χ0n) is 17.3. The van der Waals surface area contributed by atoms with Gasteiger partial charge in [0.1, 0.15) is 0 Å². The second-order valence-electron chi connectivity index (χ2n) is 7.39. The van der Waals surface area contributed by atoms with Gasteiger partial charge in [0.2, 0.25) is 0 Å². The number of piperidine rings is 1. The lowest BCUT2D eigenvalue weighted by Gasteiger charge is -2.33. The van der Waals surface area contributed by atoms with E-state index in [1.165, 1.54) is 11.1 Å². The zero-order valence-corrected chi connectivity index (χ0v) is 19.6. The number of nitrogens with one attached hydrogen (secondary N) is 1. The molecule has 3 rings (SSSR count). The van der Waals surface area contributed by atoms with Crippen molar-refractivity contribution in [1.29, 1.82) is 0 Å². The second kappa shape index (κ2) is 12.4. The van der Waals surface area contributed by atoms with Crippen molar-refractivity contribution < 1.29 is 4.74 Å². The molecule has 2 aliphatic heterocycles. The molecule has 1 atom stereocenters. The van der Waals surface area contributed by atoms with E-state index in [1.807, 2.05) is 0 Å². The summed E-state index contributed by atoms with van der Waals surface area (Å²) in [5.41, 5.74) is 2.84. The van der Waals surface area contributed by atoms with Gasteiger partial charge < -0.3 is 15.0 Å². The molecule has 28 heavy (non-hydrogen) atoms. The van der Waals surface area contributed by atoms with Gasteiger partial charge in [-0.05, 0) is 32.3 Å². The predicted molar refractivity (Wildman–Crippen MR) is 128 cm³/mol. The molecule has 1 aromatic carbocycles. The van der Waals surface area contributed by atoms with Crippen LogP contribution in [0.3, 0.4) is 0 Å². The molecule has 2 fully saturated rings. The van der Waals surface area contributed by atoms with Crippen LogP contribution in [0.25, 0.3) is 6.08 Å². The van der Waals surface area contributed by atoms with Gasteiger partial charge in [-0.1, -0.05) is 42.0 Å². The molecule has 0 bridgehead atoms. The van der Waals surface area contributed by atoms with Gasteiger partial charge in [-0.2, -0.15) is 0 Å². The van der Waals surface area contributed by atoms with Crippen LogP contribution in [0.5, 0.6) is 0 Å². The minimum absolute atomic E-state index is 0. The van der Waals surface area contributed by atoms with E-state index >= 15 is 0 Å². The lowest BCUT2D eigenvalue weighted by Crippen LogP contribution is -2.46. The van der Waals surface area contributed by atoms with Crippen molar-refractivity contribution in [3.8, 4) is 0 Å². The average molecular weight is 498 g/mol. The van der Waals surface area contributed by atoms with Gasteiger partial charge in [-0.15, -0.1) is 24.0 Å². The van der Waals surface area contributed by atoms with Crippen LogP contribution in [-0.2, 0) is 4.74 Å². The molecule has 0 amide bonds. The van der Waals surface area contributed by atoms with Crippen LogP contribution in [0, 0.1) is 0 Å². The molecule has 156 valence electrons. The molecule has 6 heteroatoms. The van der Waals surface area contributed by atoms with E-state index in [2.05, 4.69) is 65.4 Å². The number of nitrogens with zero attached hydrogens (tertiary/aromatic N) is 3. The second-order valence-corrected chi connectivity index (χ2v) is 7.39. The van der Waals surface area contributed by atoms with E-state index in [1.54, 1.807) is 0 Å². The van der Waals surface area contributed by atoms with Crippen molar-refractivity contribution in [2.45, 2.75) is 32.7 Å². The molecule has 1 unspecified atom stereocenters. The third-order valence-electron chi connectivity index (χ3n) is 5.38. The van der Waals surface area contributed by atoms with Crippen molar-refractivity contribution >= 4 is 36.0 Å². The first kappa shape index (κ1) is 23.2. The SMILES string of the molecule is CCNC(=NCC(C)N1CCOCC1)N1CCC(=Cc2ccccc2)CC1.I. The number of likely N-dealkylation sites (tertiary alicyclic amines) is 1. The third kappa shape index (κ3) is 7.04. The molecule has 2 saturated heterocycles. The summed E-state index contributed by atoms with van der Waals surface area (Å²) in [7, 11) is 0. The Hall–Kier alpha value is -1.12. The molecular weight excluding hydrogens is 463 g/mol. The number of benzene rings is 1. The van der Waals surface area contributed by atoms with Crippen LogP contribution in [0.2, 0.25) is 0 Å². The first-order valence-electron chi connectivity index (χ1n) is 10.4. The maximum absolute atomic E-state index is 5.46. The fraction of sp³-hybridized carbons (Fsp3) is 0.591. The number of hydrogen-bond donors (Lipinski definition) is 1. The summed E-state index contributed by atoms with van der Waals surface area (Å²) < 4.78 is 5.46. The summed E-state index contributed by atoms with van der Waals surface area (Å²) in [5, 5.41) is 3.49. The summed E-state index contributed by atoms with van der Waals surface area (Å²) in [6.45, 7) is 12.0. The van der Waals surface area contributed by atoms with Gasteiger partial charge in [0.25, 0.3) is 0 Å². The minimum Gasteiger partial charge on any atom is -0.379 e. The highest BCUT2D eigenvalue weighted by molar-refractivity contribution is 14.0. The van der Waals surface area contributed by atoms with Crippen molar-refractivity contribution in [1.82, 2.24) is 15.1 Å². The van der Waals surface area contributed by atoms with Crippen molar-refractivity contribution in [2.75, 3.05) is 52.5 Å². The van der Waals surface area contributed by atoms with E-state index in [9.17, 15) is 0 Å².